The fourth-order valence-corrected chi connectivity index (χ4v) is 2.18. The molecule has 5 heteroatoms. The molecule has 2 aromatic rings. The number of hydrogen-bond acceptors (Lipinski definition) is 5. The third-order valence-corrected chi connectivity index (χ3v) is 2.98. The third-order valence-electron chi connectivity index (χ3n) is 2.98. The van der Waals surface area contributed by atoms with Crippen LogP contribution in [0.15, 0.2) is 24.3 Å². The van der Waals surface area contributed by atoms with Crippen LogP contribution in [0, 0.1) is 13.8 Å². The van der Waals surface area contributed by atoms with E-state index in [0.717, 1.165) is 17.0 Å². The summed E-state index contributed by atoms with van der Waals surface area (Å²) in [5.74, 6) is 1.28. The van der Waals surface area contributed by atoms with Crippen molar-refractivity contribution in [2.75, 3.05) is 7.11 Å². The molecule has 0 amide bonds. The molecule has 0 saturated heterocycles. The molecule has 5 nitrogen and oxygen atoms in total. The number of methoxy groups -OCH3 is 1. The van der Waals surface area contributed by atoms with E-state index in [2.05, 4.69) is 9.97 Å². The van der Waals surface area contributed by atoms with Crippen LogP contribution >= 0.6 is 0 Å². The van der Waals surface area contributed by atoms with E-state index in [0.29, 0.717) is 23.9 Å². The van der Waals surface area contributed by atoms with Gasteiger partial charge in [-0.3, -0.25) is 0 Å². The second-order valence-electron chi connectivity index (χ2n) is 5.17. The van der Waals surface area contributed by atoms with Crippen LogP contribution in [0.2, 0.25) is 0 Å². The number of hydrogen-bond donors (Lipinski definition) is 1. The molecule has 0 radical (unpaired) electrons. The van der Waals surface area contributed by atoms with Gasteiger partial charge in [0, 0.05) is 23.0 Å². The number of benzene rings is 1. The summed E-state index contributed by atoms with van der Waals surface area (Å²) in [7, 11) is 1.61. The molecule has 0 fully saturated rings. The van der Waals surface area contributed by atoms with Crippen molar-refractivity contribution < 1.29 is 9.47 Å². The molecule has 0 aliphatic heterocycles. The lowest BCUT2D eigenvalue weighted by Gasteiger charge is -2.15. The van der Waals surface area contributed by atoms with Crippen LogP contribution in [0.1, 0.15) is 23.9 Å². The van der Waals surface area contributed by atoms with E-state index in [4.69, 9.17) is 15.2 Å². The largest absolute Gasteiger partial charge is 0.493 e. The lowest BCUT2D eigenvalue weighted by Crippen LogP contribution is -2.18. The van der Waals surface area contributed by atoms with Crippen molar-refractivity contribution in [1.82, 2.24) is 9.97 Å². The fraction of sp³-hybridized carbons (Fsp3) is 0.375. The predicted octanol–water partition coefficient (Wildman–Crippen LogP) is 2.78. The van der Waals surface area contributed by atoms with Gasteiger partial charge in [-0.2, -0.15) is 0 Å². The predicted molar refractivity (Wildman–Crippen MR) is 81.9 cm³/mol. The Morgan fingerprint density at radius 2 is 1.86 bits per heavy atom. The van der Waals surface area contributed by atoms with Gasteiger partial charge in [-0.05, 0) is 39.3 Å². The molecule has 1 aromatic heterocycles. The van der Waals surface area contributed by atoms with Gasteiger partial charge >= 0.3 is 6.01 Å². The molecule has 0 bridgehead atoms. The third kappa shape index (κ3) is 3.92. The minimum absolute atomic E-state index is 0.0274. The molecule has 0 aliphatic rings. The minimum Gasteiger partial charge on any atom is -0.493 e. The molecule has 1 aromatic carbocycles. The maximum atomic E-state index is 5.90. The summed E-state index contributed by atoms with van der Waals surface area (Å²) in [6, 6.07) is 8.00. The smallest absolute Gasteiger partial charge is 0.322 e. The number of aryl methyl sites for hydroxylation is 2. The van der Waals surface area contributed by atoms with Crippen molar-refractivity contribution in [3.63, 3.8) is 0 Å². The Bertz CT molecular complexity index is 607. The lowest BCUT2D eigenvalue weighted by atomic mass is 10.1. The summed E-state index contributed by atoms with van der Waals surface area (Å²) in [5.41, 5.74) is 8.60. The highest BCUT2D eigenvalue weighted by molar-refractivity contribution is 5.48. The van der Waals surface area contributed by atoms with Crippen molar-refractivity contribution >= 4 is 0 Å². The molecule has 112 valence electrons. The molecule has 0 aliphatic carbocycles. The van der Waals surface area contributed by atoms with Gasteiger partial charge in [0.25, 0.3) is 0 Å². The van der Waals surface area contributed by atoms with Crippen molar-refractivity contribution in [1.29, 1.82) is 0 Å². The Balaban J connectivity index is 2.41. The molecule has 0 spiro atoms. The molecular formula is C16H21N3O2. The number of nitrogens with zero attached hydrogens (tertiary/aromatic N) is 2. The Kier molecular flexibility index (Phi) is 4.75. The van der Waals surface area contributed by atoms with Gasteiger partial charge in [-0.1, -0.05) is 12.1 Å². The summed E-state index contributed by atoms with van der Waals surface area (Å²) < 4.78 is 11.3. The van der Waals surface area contributed by atoms with E-state index >= 15 is 0 Å². The summed E-state index contributed by atoms with van der Waals surface area (Å²) in [5, 5.41) is 0. The molecule has 2 N–H and O–H groups in total. The van der Waals surface area contributed by atoms with Gasteiger partial charge in [0.15, 0.2) is 11.5 Å². The number of para-hydroxylation sites is 1. The Morgan fingerprint density at radius 1 is 1.19 bits per heavy atom. The average molecular weight is 287 g/mol. The first kappa shape index (κ1) is 15.3. The van der Waals surface area contributed by atoms with Gasteiger partial charge in [0.05, 0.1) is 7.11 Å². The number of aromatic nitrogens is 2. The van der Waals surface area contributed by atoms with Crippen molar-refractivity contribution in [2.45, 2.75) is 33.2 Å². The van der Waals surface area contributed by atoms with Crippen molar-refractivity contribution in [2.24, 2.45) is 5.73 Å². The highest BCUT2D eigenvalue weighted by Gasteiger charge is 2.14. The first-order valence-electron chi connectivity index (χ1n) is 6.91. The molecular weight excluding hydrogens is 266 g/mol. The average Bonchev–Trinajstić information content (AvgIpc) is 2.39. The number of rotatable bonds is 5. The second-order valence-corrected chi connectivity index (χ2v) is 5.17. The standard InChI is InChI=1S/C16H21N3O2/c1-10(17)8-13-6-5-7-14(20-4)15(13)21-16-18-11(2)9-12(3)19-16/h5-7,9-10H,8,17H2,1-4H3. The van der Waals surface area contributed by atoms with Crippen LogP contribution in [-0.2, 0) is 6.42 Å². The summed E-state index contributed by atoms with van der Waals surface area (Å²) >= 11 is 0. The number of nitrogens with two attached hydrogens (primary N) is 1. The molecule has 2 rings (SSSR count). The highest BCUT2D eigenvalue weighted by Crippen LogP contribution is 2.34. The van der Waals surface area contributed by atoms with Gasteiger partial charge < -0.3 is 15.2 Å². The van der Waals surface area contributed by atoms with Gasteiger partial charge in [-0.25, -0.2) is 9.97 Å². The van der Waals surface area contributed by atoms with Crippen LogP contribution in [0.5, 0.6) is 17.5 Å². The quantitative estimate of drug-likeness (QED) is 0.915. The SMILES string of the molecule is COc1cccc(CC(C)N)c1Oc1nc(C)cc(C)n1. The van der Waals surface area contributed by atoms with E-state index in [-0.39, 0.29) is 6.04 Å². The first-order chi connectivity index (χ1) is 9.99. The van der Waals surface area contributed by atoms with Crippen LogP contribution in [0.4, 0.5) is 0 Å². The van der Waals surface area contributed by atoms with E-state index in [1.807, 2.05) is 45.0 Å². The van der Waals surface area contributed by atoms with Crippen LogP contribution in [0.25, 0.3) is 0 Å². The minimum atomic E-state index is 0.0274. The van der Waals surface area contributed by atoms with E-state index < -0.39 is 0 Å². The normalized spacial score (nSPS) is 12.0. The lowest BCUT2D eigenvalue weighted by molar-refractivity contribution is 0.363. The molecule has 1 heterocycles. The van der Waals surface area contributed by atoms with Crippen molar-refractivity contribution in [3.8, 4) is 17.5 Å². The van der Waals surface area contributed by atoms with E-state index in [1.54, 1.807) is 7.11 Å². The Hall–Kier alpha value is -2.14. The summed E-state index contributed by atoms with van der Waals surface area (Å²) in [4.78, 5) is 8.61. The second kappa shape index (κ2) is 6.54. The van der Waals surface area contributed by atoms with E-state index in [1.165, 1.54) is 0 Å². The van der Waals surface area contributed by atoms with Crippen LogP contribution < -0.4 is 15.2 Å². The van der Waals surface area contributed by atoms with Gasteiger partial charge in [0.2, 0.25) is 0 Å². The monoisotopic (exact) mass is 287 g/mol. The molecule has 1 atom stereocenters. The zero-order valence-corrected chi connectivity index (χ0v) is 12.9. The first-order valence-corrected chi connectivity index (χ1v) is 6.91. The maximum Gasteiger partial charge on any atom is 0.322 e. The molecule has 0 saturated carbocycles. The fourth-order valence-electron chi connectivity index (χ4n) is 2.18. The van der Waals surface area contributed by atoms with E-state index in [9.17, 15) is 0 Å². The van der Waals surface area contributed by atoms with Gasteiger partial charge in [-0.15, -0.1) is 0 Å². The number of ether oxygens (including phenoxy) is 2. The Morgan fingerprint density at radius 3 is 2.43 bits per heavy atom. The van der Waals surface area contributed by atoms with Crippen molar-refractivity contribution in [3.05, 3.63) is 41.2 Å². The topological polar surface area (TPSA) is 70.3 Å². The van der Waals surface area contributed by atoms with Crippen LogP contribution in [0.3, 0.4) is 0 Å². The molecule has 21 heavy (non-hydrogen) atoms. The van der Waals surface area contributed by atoms with Crippen LogP contribution in [-0.4, -0.2) is 23.1 Å². The van der Waals surface area contributed by atoms with Gasteiger partial charge in [0.1, 0.15) is 0 Å². The summed E-state index contributed by atoms with van der Waals surface area (Å²) in [6.45, 7) is 5.77. The summed E-state index contributed by atoms with van der Waals surface area (Å²) in [6.07, 6.45) is 0.692. The highest BCUT2D eigenvalue weighted by atomic mass is 16.5. The zero-order chi connectivity index (χ0) is 15.4. The Labute approximate surface area is 125 Å². The molecule has 1 unspecified atom stereocenters. The maximum absolute atomic E-state index is 5.90. The zero-order valence-electron chi connectivity index (χ0n) is 12.9.